The largest absolute Gasteiger partial charge is 0.444 e. The van der Waals surface area contributed by atoms with E-state index in [0.29, 0.717) is 19.6 Å². The van der Waals surface area contributed by atoms with Crippen molar-refractivity contribution in [2.75, 3.05) is 33.7 Å². The Morgan fingerprint density at radius 3 is 2.56 bits per heavy atom. The third kappa shape index (κ3) is 8.20. The number of aromatic nitrogens is 1. The second kappa shape index (κ2) is 9.60. The highest BCUT2D eigenvalue weighted by Crippen LogP contribution is 2.10. The van der Waals surface area contributed by atoms with Crippen LogP contribution in [0.1, 0.15) is 38.4 Å². The number of amides is 1. The number of guanidine groups is 1. The number of likely N-dealkylation sites (N-methyl/N-ethyl adjacent to an activating group) is 1. The molecule has 8 heteroatoms. The monoisotopic (exact) mass is 369 g/mol. The first-order valence-electron chi connectivity index (χ1n) is 8.47. The summed E-state index contributed by atoms with van der Waals surface area (Å²) in [5.41, 5.74) is 0.538. The quantitative estimate of drug-likeness (QED) is 0.617. The lowest BCUT2D eigenvalue weighted by Gasteiger charge is -2.25. The molecule has 1 aromatic rings. The molecule has 0 spiro atoms. The van der Waals surface area contributed by atoms with Crippen LogP contribution in [0.2, 0.25) is 0 Å². The van der Waals surface area contributed by atoms with E-state index in [0.717, 1.165) is 23.2 Å². The van der Waals surface area contributed by atoms with E-state index < -0.39 is 5.60 Å². The van der Waals surface area contributed by atoms with Gasteiger partial charge in [0.2, 0.25) is 0 Å². The van der Waals surface area contributed by atoms with Crippen molar-refractivity contribution in [2.24, 2.45) is 4.99 Å². The molecule has 0 bridgehead atoms. The molecule has 0 saturated heterocycles. The number of hydrogen-bond acceptors (Lipinski definition) is 5. The van der Waals surface area contributed by atoms with Gasteiger partial charge in [-0.1, -0.05) is 0 Å². The normalized spacial score (nSPS) is 12.0. The Labute approximate surface area is 155 Å². The van der Waals surface area contributed by atoms with E-state index in [-0.39, 0.29) is 6.09 Å². The zero-order valence-corrected chi connectivity index (χ0v) is 17.2. The van der Waals surface area contributed by atoms with E-state index in [1.807, 2.05) is 46.6 Å². The van der Waals surface area contributed by atoms with Crippen LogP contribution in [0, 0.1) is 6.92 Å². The number of aliphatic imine (C=N–C) groups is 1. The van der Waals surface area contributed by atoms with Crippen molar-refractivity contribution in [1.29, 1.82) is 0 Å². The lowest BCUT2D eigenvalue weighted by Crippen LogP contribution is -2.39. The Bertz CT molecular complexity index is 580. The highest BCUT2D eigenvalue weighted by Gasteiger charge is 2.19. The molecule has 0 aromatic carbocycles. The Balaban J connectivity index is 2.58. The van der Waals surface area contributed by atoms with Gasteiger partial charge in [-0.2, -0.15) is 0 Å². The number of nitrogens with one attached hydrogen (secondary N) is 1. The SMILES string of the molecule is CCNC(=NCCN(C)C(=O)OC(C)(C)C)N(C)Cc1csc(C)n1. The van der Waals surface area contributed by atoms with Gasteiger partial charge < -0.3 is 19.9 Å². The molecular formula is C17H31N5O2S. The predicted molar refractivity (Wildman–Crippen MR) is 103 cm³/mol. The molecule has 0 radical (unpaired) electrons. The summed E-state index contributed by atoms with van der Waals surface area (Å²) in [6.07, 6.45) is -0.334. The van der Waals surface area contributed by atoms with Gasteiger partial charge in [0.25, 0.3) is 0 Å². The summed E-state index contributed by atoms with van der Waals surface area (Å²) in [5.74, 6) is 0.797. The van der Waals surface area contributed by atoms with Gasteiger partial charge >= 0.3 is 6.09 Å². The van der Waals surface area contributed by atoms with Crippen LogP contribution in [-0.4, -0.2) is 66.2 Å². The summed E-state index contributed by atoms with van der Waals surface area (Å²) in [6, 6.07) is 0. The van der Waals surface area contributed by atoms with Crippen molar-refractivity contribution >= 4 is 23.4 Å². The summed E-state index contributed by atoms with van der Waals surface area (Å²) >= 11 is 1.64. The molecule has 0 fully saturated rings. The summed E-state index contributed by atoms with van der Waals surface area (Å²) in [6.45, 7) is 12.1. The minimum Gasteiger partial charge on any atom is -0.444 e. The zero-order chi connectivity index (χ0) is 19.0. The third-order valence-electron chi connectivity index (χ3n) is 3.16. The first kappa shape index (κ1) is 21.2. The molecular weight excluding hydrogens is 338 g/mol. The van der Waals surface area contributed by atoms with Crippen LogP contribution in [0.3, 0.4) is 0 Å². The van der Waals surface area contributed by atoms with Crippen molar-refractivity contribution in [2.45, 2.75) is 46.8 Å². The van der Waals surface area contributed by atoms with Crippen molar-refractivity contribution in [3.8, 4) is 0 Å². The molecule has 7 nitrogen and oxygen atoms in total. The fraction of sp³-hybridized carbons (Fsp3) is 0.706. The number of thiazole rings is 1. The highest BCUT2D eigenvalue weighted by atomic mass is 32.1. The van der Waals surface area contributed by atoms with E-state index in [1.54, 1.807) is 23.3 Å². The van der Waals surface area contributed by atoms with Crippen molar-refractivity contribution in [3.05, 3.63) is 16.1 Å². The molecule has 0 unspecified atom stereocenters. The van der Waals surface area contributed by atoms with Crippen LogP contribution in [0.4, 0.5) is 4.79 Å². The van der Waals surface area contributed by atoms with Crippen LogP contribution >= 0.6 is 11.3 Å². The van der Waals surface area contributed by atoms with Gasteiger partial charge in [0.15, 0.2) is 5.96 Å². The number of rotatable bonds is 6. The Hall–Kier alpha value is -1.83. The van der Waals surface area contributed by atoms with E-state index in [2.05, 4.69) is 20.7 Å². The molecule has 142 valence electrons. The van der Waals surface area contributed by atoms with E-state index in [1.165, 1.54) is 0 Å². The summed E-state index contributed by atoms with van der Waals surface area (Å²) in [7, 11) is 3.70. The summed E-state index contributed by atoms with van der Waals surface area (Å²) in [5, 5.41) is 6.39. The highest BCUT2D eigenvalue weighted by molar-refractivity contribution is 7.09. The fourth-order valence-electron chi connectivity index (χ4n) is 2.01. The lowest BCUT2D eigenvalue weighted by atomic mass is 10.2. The van der Waals surface area contributed by atoms with Crippen LogP contribution in [0.5, 0.6) is 0 Å². The number of carbonyl (C=O) groups excluding carboxylic acids is 1. The second-order valence-corrected chi connectivity index (χ2v) is 7.91. The predicted octanol–water partition coefficient (Wildman–Crippen LogP) is 2.72. The number of hydrogen-bond donors (Lipinski definition) is 1. The smallest absolute Gasteiger partial charge is 0.410 e. The summed E-state index contributed by atoms with van der Waals surface area (Å²) in [4.78, 5) is 24.6. The third-order valence-corrected chi connectivity index (χ3v) is 3.99. The van der Waals surface area contributed by atoms with Gasteiger partial charge in [0, 0.05) is 32.6 Å². The van der Waals surface area contributed by atoms with E-state index in [4.69, 9.17) is 4.74 Å². The molecule has 1 N–H and O–H groups in total. The number of aryl methyl sites for hydroxylation is 1. The maximum absolute atomic E-state index is 12.0. The van der Waals surface area contributed by atoms with Crippen molar-refractivity contribution in [3.63, 3.8) is 0 Å². The molecule has 0 atom stereocenters. The fourth-order valence-corrected chi connectivity index (χ4v) is 2.61. The average Bonchev–Trinajstić information content (AvgIpc) is 2.89. The second-order valence-electron chi connectivity index (χ2n) is 6.85. The first-order chi connectivity index (χ1) is 11.6. The van der Waals surface area contributed by atoms with Crippen LogP contribution in [0.15, 0.2) is 10.4 Å². The van der Waals surface area contributed by atoms with Crippen LogP contribution < -0.4 is 5.32 Å². The van der Waals surface area contributed by atoms with Gasteiger partial charge in [-0.25, -0.2) is 9.78 Å². The van der Waals surface area contributed by atoms with E-state index in [9.17, 15) is 4.79 Å². The maximum atomic E-state index is 12.0. The molecule has 1 rings (SSSR count). The van der Waals surface area contributed by atoms with Gasteiger partial charge in [-0.15, -0.1) is 11.3 Å². The summed E-state index contributed by atoms with van der Waals surface area (Å²) < 4.78 is 5.34. The molecule has 25 heavy (non-hydrogen) atoms. The molecule has 1 heterocycles. The number of nitrogens with zero attached hydrogens (tertiary/aromatic N) is 4. The van der Waals surface area contributed by atoms with Gasteiger partial charge in [0.1, 0.15) is 5.60 Å². The Morgan fingerprint density at radius 1 is 1.36 bits per heavy atom. The van der Waals surface area contributed by atoms with E-state index >= 15 is 0 Å². The topological polar surface area (TPSA) is 70.1 Å². The minimum atomic E-state index is -0.491. The molecule has 0 saturated carbocycles. The van der Waals surface area contributed by atoms with Crippen LogP contribution in [0.25, 0.3) is 0 Å². The Kier molecular flexibility index (Phi) is 8.15. The van der Waals surface area contributed by atoms with Gasteiger partial charge in [-0.05, 0) is 34.6 Å². The molecule has 1 amide bonds. The first-order valence-corrected chi connectivity index (χ1v) is 9.35. The molecule has 0 aliphatic heterocycles. The maximum Gasteiger partial charge on any atom is 0.410 e. The standard InChI is InChI=1S/C17H31N5O2S/c1-8-18-15(22(7)11-14-12-25-13(2)20-14)19-9-10-21(6)16(23)24-17(3,4)5/h12H,8-11H2,1-7H3,(H,18,19). The molecule has 0 aliphatic rings. The minimum absolute atomic E-state index is 0.334. The average molecular weight is 370 g/mol. The van der Waals surface area contributed by atoms with Crippen molar-refractivity contribution in [1.82, 2.24) is 20.1 Å². The van der Waals surface area contributed by atoms with Crippen molar-refractivity contribution < 1.29 is 9.53 Å². The molecule has 0 aliphatic carbocycles. The number of ether oxygens (including phenoxy) is 1. The molecule has 1 aromatic heterocycles. The zero-order valence-electron chi connectivity index (χ0n) is 16.4. The van der Waals surface area contributed by atoms with Gasteiger partial charge in [0.05, 0.1) is 23.8 Å². The van der Waals surface area contributed by atoms with Crippen LogP contribution in [-0.2, 0) is 11.3 Å². The van der Waals surface area contributed by atoms with Gasteiger partial charge in [-0.3, -0.25) is 4.99 Å². The number of carbonyl (C=O) groups is 1. The Morgan fingerprint density at radius 2 is 2.04 bits per heavy atom. The lowest BCUT2D eigenvalue weighted by molar-refractivity contribution is 0.0304.